The molecule has 0 bridgehead atoms. The first-order valence-electron chi connectivity index (χ1n) is 8.29. The third-order valence-electron chi connectivity index (χ3n) is 4.17. The molecule has 0 radical (unpaired) electrons. The van der Waals surface area contributed by atoms with Crippen molar-refractivity contribution in [2.75, 3.05) is 12.4 Å². The lowest BCUT2D eigenvalue weighted by Gasteiger charge is -2.20. The summed E-state index contributed by atoms with van der Waals surface area (Å²) in [7, 11) is 1.60. The van der Waals surface area contributed by atoms with Crippen molar-refractivity contribution in [1.29, 1.82) is 0 Å². The highest BCUT2D eigenvalue weighted by Gasteiger charge is 2.21. The summed E-state index contributed by atoms with van der Waals surface area (Å²) in [5.74, 6) is 0.592. The van der Waals surface area contributed by atoms with Crippen LogP contribution in [0.2, 0.25) is 0 Å². The van der Waals surface area contributed by atoms with Gasteiger partial charge in [0.2, 0.25) is 5.91 Å². The summed E-state index contributed by atoms with van der Waals surface area (Å²) in [6.07, 6.45) is 4.46. The van der Waals surface area contributed by atoms with Crippen LogP contribution in [0.5, 0.6) is 5.75 Å². The molecule has 2 aromatic carbocycles. The standard InChI is InChI=1S/C21H22N2O2/c1-16-10-11-20(25-2)18(14-16)22-21(24)19(23-12-6-7-13-23)15-17-8-4-3-5-9-17/h3-14,19H,15H2,1-2H3,(H,22,24)/t19-/m1/s1. The number of benzene rings is 2. The molecule has 128 valence electrons. The largest absolute Gasteiger partial charge is 0.495 e. The molecule has 3 rings (SSSR count). The smallest absolute Gasteiger partial charge is 0.247 e. The van der Waals surface area contributed by atoms with Crippen molar-refractivity contribution >= 4 is 11.6 Å². The van der Waals surface area contributed by atoms with Gasteiger partial charge in [0.05, 0.1) is 12.8 Å². The number of hydrogen-bond donors (Lipinski definition) is 1. The Morgan fingerprint density at radius 1 is 1.08 bits per heavy atom. The third kappa shape index (κ3) is 4.10. The number of methoxy groups -OCH3 is 1. The second kappa shape index (κ2) is 7.71. The molecular weight excluding hydrogens is 312 g/mol. The van der Waals surface area contributed by atoms with Crippen LogP contribution in [0, 0.1) is 6.92 Å². The molecule has 0 unspecified atom stereocenters. The molecule has 1 N–H and O–H groups in total. The average Bonchev–Trinajstić information content (AvgIpc) is 3.15. The summed E-state index contributed by atoms with van der Waals surface area (Å²) in [6.45, 7) is 1.99. The number of anilines is 1. The zero-order valence-electron chi connectivity index (χ0n) is 14.5. The molecule has 4 nitrogen and oxygen atoms in total. The Bertz CT molecular complexity index is 826. The number of nitrogens with zero attached hydrogens (tertiary/aromatic N) is 1. The van der Waals surface area contributed by atoms with Crippen molar-refractivity contribution in [3.8, 4) is 5.75 Å². The SMILES string of the molecule is COc1ccc(C)cc1NC(=O)[C@@H](Cc1ccccc1)n1cccc1. The minimum absolute atomic E-state index is 0.0658. The number of ether oxygens (including phenoxy) is 1. The van der Waals surface area contributed by atoms with E-state index >= 15 is 0 Å². The van der Waals surface area contributed by atoms with E-state index in [2.05, 4.69) is 5.32 Å². The second-order valence-corrected chi connectivity index (χ2v) is 6.03. The first-order valence-corrected chi connectivity index (χ1v) is 8.29. The Morgan fingerprint density at radius 3 is 2.48 bits per heavy atom. The Kier molecular flexibility index (Phi) is 5.19. The highest BCUT2D eigenvalue weighted by Crippen LogP contribution is 2.27. The molecule has 3 aromatic rings. The highest BCUT2D eigenvalue weighted by atomic mass is 16.5. The van der Waals surface area contributed by atoms with E-state index in [9.17, 15) is 4.79 Å². The average molecular weight is 334 g/mol. The molecule has 1 atom stereocenters. The summed E-state index contributed by atoms with van der Waals surface area (Å²) < 4.78 is 7.30. The summed E-state index contributed by atoms with van der Waals surface area (Å²) >= 11 is 0. The zero-order chi connectivity index (χ0) is 17.6. The number of carbonyl (C=O) groups is 1. The monoisotopic (exact) mass is 334 g/mol. The number of nitrogens with one attached hydrogen (secondary N) is 1. The number of aromatic nitrogens is 1. The molecule has 0 aliphatic rings. The van der Waals surface area contributed by atoms with Gasteiger partial charge in [-0.25, -0.2) is 0 Å². The third-order valence-corrected chi connectivity index (χ3v) is 4.17. The molecule has 0 fully saturated rings. The fraction of sp³-hybridized carbons (Fsp3) is 0.190. The second-order valence-electron chi connectivity index (χ2n) is 6.03. The van der Waals surface area contributed by atoms with Gasteiger partial charge < -0.3 is 14.6 Å². The van der Waals surface area contributed by atoms with Crippen molar-refractivity contribution in [2.45, 2.75) is 19.4 Å². The van der Waals surface area contributed by atoms with Crippen molar-refractivity contribution in [3.05, 3.63) is 84.2 Å². The van der Waals surface area contributed by atoms with E-state index in [-0.39, 0.29) is 11.9 Å². The van der Waals surface area contributed by atoms with E-state index in [4.69, 9.17) is 4.74 Å². The molecule has 1 aromatic heterocycles. The van der Waals surface area contributed by atoms with Crippen molar-refractivity contribution in [3.63, 3.8) is 0 Å². The van der Waals surface area contributed by atoms with Crippen molar-refractivity contribution < 1.29 is 9.53 Å². The first kappa shape index (κ1) is 16.8. The van der Waals surface area contributed by atoms with Gasteiger partial charge in [0, 0.05) is 18.8 Å². The summed E-state index contributed by atoms with van der Waals surface area (Å²) in [5.41, 5.74) is 2.88. The summed E-state index contributed by atoms with van der Waals surface area (Å²) in [5, 5.41) is 3.03. The van der Waals surface area contributed by atoms with Gasteiger partial charge in [-0.1, -0.05) is 36.4 Å². The predicted molar refractivity (Wildman–Crippen MR) is 100.0 cm³/mol. The molecule has 0 aliphatic heterocycles. The lowest BCUT2D eigenvalue weighted by molar-refractivity contribution is -0.119. The van der Waals surface area contributed by atoms with Crippen molar-refractivity contribution in [1.82, 2.24) is 4.57 Å². The predicted octanol–water partition coefficient (Wildman–Crippen LogP) is 4.23. The fourth-order valence-corrected chi connectivity index (χ4v) is 2.86. The van der Waals surface area contributed by atoms with Gasteiger partial charge in [-0.3, -0.25) is 4.79 Å². The van der Waals surface area contributed by atoms with E-state index < -0.39 is 0 Å². The quantitative estimate of drug-likeness (QED) is 0.733. The minimum atomic E-state index is -0.331. The van der Waals surface area contributed by atoms with Gasteiger partial charge >= 0.3 is 0 Å². The van der Waals surface area contributed by atoms with Crippen LogP contribution in [0.15, 0.2) is 73.1 Å². The minimum Gasteiger partial charge on any atom is -0.495 e. The molecule has 0 saturated carbocycles. The Labute approximate surface area is 148 Å². The van der Waals surface area contributed by atoms with Gasteiger partial charge in [-0.05, 0) is 42.3 Å². The zero-order valence-corrected chi connectivity index (χ0v) is 14.5. The van der Waals surface area contributed by atoms with Gasteiger partial charge in [-0.2, -0.15) is 0 Å². The molecule has 0 spiro atoms. The summed E-state index contributed by atoms with van der Waals surface area (Å²) in [4.78, 5) is 13.0. The van der Waals surface area contributed by atoms with Gasteiger partial charge in [0.15, 0.2) is 0 Å². The van der Waals surface area contributed by atoms with Crippen LogP contribution < -0.4 is 10.1 Å². The fourth-order valence-electron chi connectivity index (χ4n) is 2.86. The van der Waals surface area contributed by atoms with Gasteiger partial charge in [-0.15, -0.1) is 0 Å². The molecule has 1 amide bonds. The summed E-state index contributed by atoms with van der Waals surface area (Å²) in [6, 6.07) is 19.3. The van der Waals surface area contributed by atoms with Gasteiger partial charge in [0.1, 0.15) is 11.8 Å². The maximum atomic E-state index is 13.0. The molecule has 1 heterocycles. The Hall–Kier alpha value is -3.01. The van der Waals surface area contributed by atoms with Crippen LogP contribution in [0.25, 0.3) is 0 Å². The van der Waals surface area contributed by atoms with E-state index in [0.717, 1.165) is 11.1 Å². The number of hydrogen-bond acceptors (Lipinski definition) is 2. The molecule has 4 heteroatoms. The number of amides is 1. The lowest BCUT2D eigenvalue weighted by Crippen LogP contribution is -2.27. The van der Waals surface area contributed by atoms with Crippen LogP contribution in [-0.2, 0) is 11.2 Å². The maximum Gasteiger partial charge on any atom is 0.247 e. The van der Waals surface area contributed by atoms with Crippen LogP contribution in [0.4, 0.5) is 5.69 Å². The van der Waals surface area contributed by atoms with E-state index in [1.54, 1.807) is 7.11 Å². The Balaban J connectivity index is 1.86. The van der Waals surface area contributed by atoms with E-state index in [1.807, 2.05) is 84.5 Å². The normalized spacial score (nSPS) is 11.8. The first-order chi connectivity index (χ1) is 12.2. The Morgan fingerprint density at radius 2 is 1.80 bits per heavy atom. The topological polar surface area (TPSA) is 43.3 Å². The number of carbonyl (C=O) groups excluding carboxylic acids is 1. The van der Waals surface area contributed by atoms with Crippen molar-refractivity contribution in [2.24, 2.45) is 0 Å². The van der Waals surface area contributed by atoms with Crippen LogP contribution in [-0.4, -0.2) is 17.6 Å². The van der Waals surface area contributed by atoms with E-state index in [0.29, 0.717) is 17.9 Å². The van der Waals surface area contributed by atoms with Crippen LogP contribution in [0.3, 0.4) is 0 Å². The molecule has 0 aliphatic carbocycles. The lowest BCUT2D eigenvalue weighted by atomic mass is 10.0. The maximum absolute atomic E-state index is 13.0. The van der Waals surface area contributed by atoms with E-state index in [1.165, 1.54) is 0 Å². The van der Waals surface area contributed by atoms with Gasteiger partial charge in [0.25, 0.3) is 0 Å². The number of aryl methyl sites for hydroxylation is 1. The number of rotatable bonds is 6. The molecule has 25 heavy (non-hydrogen) atoms. The van der Waals surface area contributed by atoms with Crippen LogP contribution >= 0.6 is 0 Å². The van der Waals surface area contributed by atoms with Crippen LogP contribution in [0.1, 0.15) is 17.2 Å². The molecule has 0 saturated heterocycles. The molecular formula is C21H22N2O2. The highest BCUT2D eigenvalue weighted by molar-refractivity contribution is 5.95.